The molecule has 3 N–H and O–H groups in total. The summed E-state index contributed by atoms with van der Waals surface area (Å²) < 4.78 is 1.14. The summed E-state index contributed by atoms with van der Waals surface area (Å²) in [5.74, 6) is -1.75. The maximum absolute atomic E-state index is 12.6. The number of aromatic nitrogens is 2. The van der Waals surface area contributed by atoms with Crippen molar-refractivity contribution in [2.24, 2.45) is 0 Å². The Kier molecular flexibility index (Phi) is 5.87. The van der Waals surface area contributed by atoms with Gasteiger partial charge in [0, 0.05) is 11.1 Å². The fourth-order valence-corrected chi connectivity index (χ4v) is 3.22. The van der Waals surface area contributed by atoms with E-state index in [4.69, 9.17) is 23.2 Å². The molecule has 0 bridgehead atoms. The highest BCUT2D eigenvalue weighted by Crippen LogP contribution is 2.25. The number of carboxylic acid groups (broad SMARTS) is 1. The Hall–Kier alpha value is -3.03. The van der Waals surface area contributed by atoms with Crippen LogP contribution in [0.2, 0.25) is 10.0 Å². The highest BCUT2D eigenvalue weighted by Gasteiger charge is 2.22. The normalized spacial score (nSPS) is 11.8. The number of aliphatic carboxylic acids is 1. The number of hydrogen-bond acceptors (Lipinski definition) is 3. The second kappa shape index (κ2) is 8.33. The molecule has 0 saturated carbocycles. The lowest BCUT2D eigenvalue weighted by Gasteiger charge is -2.18. The Labute approximate surface area is 169 Å². The van der Waals surface area contributed by atoms with E-state index in [-0.39, 0.29) is 12.1 Å². The molecule has 1 atom stereocenters. The average molecular weight is 420 g/mol. The predicted molar refractivity (Wildman–Crippen MR) is 105 cm³/mol. The number of H-pyrrole nitrogens is 1. The standard InChI is InChI=1S/C19H15Cl2N3O4/c20-12-6-2-1-5-11(12)14(10-18(26)27)22-19(28)15-9-17(25)24(23-15)16-8-4-3-7-13(16)21/h1-9,14,23H,10H2,(H,22,28)(H,26,27)/t14-/m0/s1. The second-order valence-corrected chi connectivity index (χ2v) is 6.75. The van der Waals surface area contributed by atoms with Crippen LogP contribution in [0.15, 0.2) is 59.4 Å². The van der Waals surface area contributed by atoms with E-state index < -0.39 is 23.5 Å². The lowest BCUT2D eigenvalue weighted by atomic mass is 10.0. The number of nitrogens with zero attached hydrogens (tertiary/aromatic N) is 1. The van der Waals surface area contributed by atoms with Crippen LogP contribution in [0.4, 0.5) is 0 Å². The molecule has 1 heterocycles. The van der Waals surface area contributed by atoms with Gasteiger partial charge in [0.2, 0.25) is 0 Å². The molecule has 0 radical (unpaired) electrons. The first kappa shape index (κ1) is 19.7. The first-order valence-corrected chi connectivity index (χ1v) is 8.96. The summed E-state index contributed by atoms with van der Waals surface area (Å²) in [7, 11) is 0. The van der Waals surface area contributed by atoms with Crippen molar-refractivity contribution in [3.05, 3.63) is 86.3 Å². The minimum absolute atomic E-state index is 0.0348. The van der Waals surface area contributed by atoms with E-state index in [0.29, 0.717) is 21.3 Å². The molecule has 3 rings (SSSR count). The zero-order chi connectivity index (χ0) is 20.3. The Morgan fingerprint density at radius 1 is 1.07 bits per heavy atom. The van der Waals surface area contributed by atoms with Crippen LogP contribution in [0, 0.1) is 0 Å². The van der Waals surface area contributed by atoms with E-state index in [1.54, 1.807) is 48.5 Å². The summed E-state index contributed by atoms with van der Waals surface area (Å²) >= 11 is 12.2. The largest absolute Gasteiger partial charge is 0.481 e. The molecule has 9 heteroatoms. The van der Waals surface area contributed by atoms with Crippen LogP contribution >= 0.6 is 23.2 Å². The van der Waals surface area contributed by atoms with Gasteiger partial charge < -0.3 is 10.4 Å². The maximum atomic E-state index is 12.6. The molecular weight excluding hydrogens is 405 g/mol. The lowest BCUT2D eigenvalue weighted by Crippen LogP contribution is -2.30. The van der Waals surface area contributed by atoms with Crippen molar-refractivity contribution < 1.29 is 14.7 Å². The molecule has 1 aromatic heterocycles. The quantitative estimate of drug-likeness (QED) is 0.569. The molecular formula is C19H15Cl2N3O4. The molecule has 0 aliphatic rings. The Morgan fingerprint density at radius 2 is 1.71 bits per heavy atom. The van der Waals surface area contributed by atoms with Gasteiger partial charge in [-0.15, -0.1) is 0 Å². The molecule has 0 fully saturated rings. The molecule has 1 amide bonds. The molecule has 28 heavy (non-hydrogen) atoms. The summed E-state index contributed by atoms with van der Waals surface area (Å²) in [6.45, 7) is 0. The van der Waals surface area contributed by atoms with Crippen molar-refractivity contribution in [1.82, 2.24) is 15.1 Å². The monoisotopic (exact) mass is 419 g/mol. The molecule has 2 aromatic carbocycles. The molecule has 0 aliphatic heterocycles. The molecule has 7 nitrogen and oxygen atoms in total. The number of nitrogens with one attached hydrogen (secondary N) is 2. The van der Waals surface area contributed by atoms with Gasteiger partial charge in [0.15, 0.2) is 0 Å². The number of amides is 1. The topological polar surface area (TPSA) is 104 Å². The van der Waals surface area contributed by atoms with Gasteiger partial charge in [-0.3, -0.25) is 19.5 Å². The third-order valence-corrected chi connectivity index (χ3v) is 4.69. The van der Waals surface area contributed by atoms with Crippen LogP contribution < -0.4 is 10.9 Å². The Bertz CT molecular complexity index is 1090. The van der Waals surface area contributed by atoms with Gasteiger partial charge in [-0.05, 0) is 23.8 Å². The van der Waals surface area contributed by atoms with Gasteiger partial charge in [-0.25, -0.2) is 4.68 Å². The van der Waals surface area contributed by atoms with Crippen LogP contribution in [0.5, 0.6) is 0 Å². The fourth-order valence-electron chi connectivity index (χ4n) is 2.73. The number of hydrogen-bond donors (Lipinski definition) is 3. The van der Waals surface area contributed by atoms with E-state index in [0.717, 1.165) is 10.7 Å². The van der Waals surface area contributed by atoms with Crippen molar-refractivity contribution in [2.45, 2.75) is 12.5 Å². The van der Waals surface area contributed by atoms with Gasteiger partial charge in [-0.1, -0.05) is 53.5 Å². The summed E-state index contributed by atoms with van der Waals surface area (Å²) in [5, 5.41) is 15.1. The number of benzene rings is 2. The Morgan fingerprint density at radius 3 is 2.36 bits per heavy atom. The van der Waals surface area contributed by atoms with Gasteiger partial charge in [0.05, 0.1) is 23.2 Å². The molecule has 0 aliphatic carbocycles. The molecule has 0 saturated heterocycles. The molecule has 144 valence electrons. The first-order valence-electron chi connectivity index (χ1n) is 8.21. The van der Waals surface area contributed by atoms with Crippen molar-refractivity contribution in [3.8, 4) is 5.69 Å². The van der Waals surface area contributed by atoms with E-state index in [9.17, 15) is 19.5 Å². The van der Waals surface area contributed by atoms with Gasteiger partial charge in [0.25, 0.3) is 11.5 Å². The van der Waals surface area contributed by atoms with Crippen molar-refractivity contribution >= 4 is 35.1 Å². The molecule has 0 spiro atoms. The van der Waals surface area contributed by atoms with Crippen LogP contribution in [0.25, 0.3) is 5.69 Å². The number of halogens is 2. The highest BCUT2D eigenvalue weighted by atomic mass is 35.5. The van der Waals surface area contributed by atoms with E-state index in [2.05, 4.69) is 10.4 Å². The number of rotatable bonds is 6. The van der Waals surface area contributed by atoms with Gasteiger partial charge >= 0.3 is 5.97 Å². The van der Waals surface area contributed by atoms with Crippen molar-refractivity contribution in [2.75, 3.05) is 0 Å². The summed E-state index contributed by atoms with van der Waals surface area (Å²) in [5.41, 5.74) is 0.340. The van der Waals surface area contributed by atoms with Gasteiger partial charge in [0.1, 0.15) is 5.69 Å². The first-order chi connectivity index (χ1) is 13.4. The third kappa shape index (κ3) is 4.27. The van der Waals surface area contributed by atoms with Crippen LogP contribution in [-0.4, -0.2) is 26.8 Å². The lowest BCUT2D eigenvalue weighted by molar-refractivity contribution is -0.137. The zero-order valence-corrected chi connectivity index (χ0v) is 15.9. The second-order valence-electron chi connectivity index (χ2n) is 5.94. The highest BCUT2D eigenvalue weighted by molar-refractivity contribution is 6.32. The number of para-hydroxylation sites is 1. The number of carboxylic acids is 1. The Balaban J connectivity index is 1.90. The van der Waals surface area contributed by atoms with Crippen LogP contribution in [0.3, 0.4) is 0 Å². The molecule has 0 unspecified atom stereocenters. The van der Waals surface area contributed by atoms with E-state index >= 15 is 0 Å². The average Bonchev–Trinajstić information content (AvgIpc) is 3.03. The van der Waals surface area contributed by atoms with Crippen LogP contribution in [-0.2, 0) is 4.79 Å². The number of carbonyl (C=O) groups is 2. The van der Waals surface area contributed by atoms with Crippen LogP contribution in [0.1, 0.15) is 28.5 Å². The predicted octanol–water partition coefficient (Wildman–Crippen LogP) is 3.42. The maximum Gasteiger partial charge on any atom is 0.305 e. The van der Waals surface area contributed by atoms with E-state index in [1.807, 2.05) is 0 Å². The molecule has 3 aromatic rings. The number of carbonyl (C=O) groups excluding carboxylic acids is 1. The van der Waals surface area contributed by atoms with E-state index in [1.165, 1.54) is 0 Å². The minimum Gasteiger partial charge on any atom is -0.481 e. The van der Waals surface area contributed by atoms with Crippen molar-refractivity contribution in [3.63, 3.8) is 0 Å². The number of aromatic amines is 1. The minimum atomic E-state index is -1.10. The SMILES string of the molecule is O=C(O)C[C@H](NC(=O)c1cc(=O)n(-c2ccccc2Cl)[nH]1)c1ccccc1Cl. The zero-order valence-electron chi connectivity index (χ0n) is 14.4. The summed E-state index contributed by atoms with van der Waals surface area (Å²) in [6.07, 6.45) is -0.370. The third-order valence-electron chi connectivity index (χ3n) is 4.02. The van der Waals surface area contributed by atoms with Crippen molar-refractivity contribution in [1.29, 1.82) is 0 Å². The van der Waals surface area contributed by atoms with Gasteiger partial charge in [-0.2, -0.15) is 0 Å². The summed E-state index contributed by atoms with van der Waals surface area (Å²) in [4.78, 5) is 36.1. The summed E-state index contributed by atoms with van der Waals surface area (Å²) in [6, 6.07) is 13.5. The smallest absolute Gasteiger partial charge is 0.305 e. The fraction of sp³-hybridized carbons (Fsp3) is 0.105.